The molecule has 3 rings (SSSR count). The molecular formula is C11H9F3N4. The molecule has 0 atom stereocenters. The monoisotopic (exact) mass is 254 g/mol. The van der Waals surface area contributed by atoms with Crippen molar-refractivity contribution in [2.45, 2.75) is 24.9 Å². The molecule has 0 aliphatic heterocycles. The fourth-order valence-corrected chi connectivity index (χ4v) is 2.08. The molecule has 2 aromatic heterocycles. The van der Waals surface area contributed by atoms with Crippen LogP contribution in [-0.2, 0) is 0 Å². The van der Waals surface area contributed by atoms with E-state index in [0.717, 1.165) is 0 Å². The highest BCUT2D eigenvalue weighted by molar-refractivity contribution is 5.67. The van der Waals surface area contributed by atoms with Crippen molar-refractivity contribution < 1.29 is 13.2 Å². The van der Waals surface area contributed by atoms with Gasteiger partial charge >= 0.3 is 6.18 Å². The van der Waals surface area contributed by atoms with Crippen molar-refractivity contribution in [3.63, 3.8) is 0 Å². The van der Waals surface area contributed by atoms with Gasteiger partial charge in [0.05, 0.1) is 12.1 Å². The molecule has 0 unspecified atom stereocenters. The van der Waals surface area contributed by atoms with Crippen LogP contribution in [0.3, 0.4) is 0 Å². The molecule has 0 aromatic carbocycles. The lowest BCUT2D eigenvalue weighted by atomic mass is 9.74. The fourth-order valence-electron chi connectivity index (χ4n) is 2.08. The van der Waals surface area contributed by atoms with Crippen LogP contribution in [-0.4, -0.2) is 26.1 Å². The maximum Gasteiger partial charge on any atom is 0.391 e. The lowest BCUT2D eigenvalue weighted by Crippen LogP contribution is -2.35. The summed E-state index contributed by atoms with van der Waals surface area (Å²) in [7, 11) is 0. The number of halogens is 3. The summed E-state index contributed by atoms with van der Waals surface area (Å²) in [5.74, 6) is -1.00. The fraction of sp³-hybridized carbons (Fsp3) is 0.455. The van der Waals surface area contributed by atoms with Gasteiger partial charge in [-0.1, -0.05) is 0 Å². The maximum atomic E-state index is 12.4. The molecular weight excluding hydrogens is 245 g/mol. The lowest BCUT2D eigenvalue weighted by molar-refractivity contribution is -0.198. The van der Waals surface area contributed by atoms with Crippen LogP contribution in [0.15, 0.2) is 18.6 Å². The van der Waals surface area contributed by atoms with Crippen LogP contribution in [0.5, 0.6) is 0 Å². The maximum absolute atomic E-state index is 12.4. The number of fused-ring (bicyclic) bond motifs is 1. The minimum Gasteiger partial charge on any atom is -0.250 e. The normalized spacial score (nSPS) is 23.9. The Hall–Kier alpha value is -1.79. The third-order valence-electron chi connectivity index (χ3n) is 3.21. The number of hydrogen-bond donors (Lipinski definition) is 0. The van der Waals surface area contributed by atoms with Crippen molar-refractivity contribution in [2.24, 2.45) is 5.92 Å². The number of aromatic nitrogens is 4. The van der Waals surface area contributed by atoms with Gasteiger partial charge in [-0.05, 0) is 12.8 Å². The molecule has 0 radical (unpaired) electrons. The number of nitrogens with zero attached hydrogens (tertiary/aromatic N) is 4. The van der Waals surface area contributed by atoms with Crippen LogP contribution in [0.2, 0.25) is 0 Å². The first-order chi connectivity index (χ1) is 8.54. The minimum atomic E-state index is -4.10. The van der Waals surface area contributed by atoms with Gasteiger partial charge in [-0.15, -0.1) is 0 Å². The second-order valence-corrected chi connectivity index (χ2v) is 4.40. The Balaban J connectivity index is 1.81. The average Bonchev–Trinajstić information content (AvgIpc) is 2.25. The van der Waals surface area contributed by atoms with Gasteiger partial charge < -0.3 is 0 Å². The molecule has 18 heavy (non-hydrogen) atoms. The third-order valence-corrected chi connectivity index (χ3v) is 3.21. The first kappa shape index (κ1) is 11.3. The Kier molecular flexibility index (Phi) is 2.42. The smallest absolute Gasteiger partial charge is 0.250 e. The highest BCUT2D eigenvalue weighted by atomic mass is 19.4. The summed E-state index contributed by atoms with van der Waals surface area (Å²) in [4.78, 5) is 16.3. The van der Waals surface area contributed by atoms with Gasteiger partial charge in [-0.25, -0.2) is 19.9 Å². The molecule has 2 aromatic rings. The van der Waals surface area contributed by atoms with Gasteiger partial charge in [0.1, 0.15) is 11.3 Å². The molecule has 0 amide bonds. The Morgan fingerprint density at radius 2 is 1.78 bits per heavy atom. The van der Waals surface area contributed by atoms with Crippen LogP contribution < -0.4 is 0 Å². The number of alkyl halides is 3. The third kappa shape index (κ3) is 1.89. The summed E-state index contributed by atoms with van der Waals surface area (Å²) in [6.07, 6.45) is 0.552. The molecule has 2 heterocycles. The molecule has 94 valence electrons. The number of hydrogen-bond acceptors (Lipinski definition) is 4. The van der Waals surface area contributed by atoms with Crippen molar-refractivity contribution in [1.29, 1.82) is 0 Å². The average molecular weight is 254 g/mol. The summed E-state index contributed by atoms with van der Waals surface area (Å²) in [5, 5.41) is 0. The van der Waals surface area contributed by atoms with Crippen LogP contribution in [0.4, 0.5) is 13.2 Å². The van der Waals surface area contributed by atoms with E-state index in [9.17, 15) is 13.2 Å². The zero-order valence-corrected chi connectivity index (χ0v) is 9.22. The van der Waals surface area contributed by atoms with E-state index in [1.807, 2.05) is 0 Å². The van der Waals surface area contributed by atoms with Gasteiger partial charge in [-0.2, -0.15) is 13.2 Å². The molecule has 1 aliphatic rings. The summed E-state index contributed by atoms with van der Waals surface area (Å²) in [6, 6.07) is 0. The van der Waals surface area contributed by atoms with E-state index >= 15 is 0 Å². The molecule has 4 nitrogen and oxygen atoms in total. The molecule has 1 fully saturated rings. The van der Waals surface area contributed by atoms with Crippen molar-refractivity contribution in [3.8, 4) is 0 Å². The van der Waals surface area contributed by atoms with Crippen molar-refractivity contribution >= 4 is 11.2 Å². The van der Waals surface area contributed by atoms with Gasteiger partial charge in [0.2, 0.25) is 0 Å². The van der Waals surface area contributed by atoms with Crippen molar-refractivity contribution in [1.82, 2.24) is 19.9 Å². The first-order valence-electron chi connectivity index (χ1n) is 5.54. The second-order valence-electron chi connectivity index (χ2n) is 4.40. The standard InChI is InChI=1S/C11H9F3N4/c12-11(13,14)7-3-6(4-7)9-17-5-8-10(18-9)16-2-1-15-8/h1-2,5-7H,3-4H2. The molecule has 1 aliphatic carbocycles. The van der Waals surface area contributed by atoms with E-state index in [1.54, 1.807) is 0 Å². The Morgan fingerprint density at radius 3 is 2.50 bits per heavy atom. The Labute approximate surface area is 100 Å². The predicted molar refractivity (Wildman–Crippen MR) is 56.6 cm³/mol. The molecule has 0 spiro atoms. The molecule has 0 saturated heterocycles. The predicted octanol–water partition coefficient (Wildman–Crippen LogP) is 2.48. The zero-order valence-electron chi connectivity index (χ0n) is 9.22. The van der Waals surface area contributed by atoms with Gasteiger partial charge in [0.15, 0.2) is 5.65 Å². The molecule has 0 N–H and O–H groups in total. The van der Waals surface area contributed by atoms with E-state index in [-0.39, 0.29) is 18.8 Å². The van der Waals surface area contributed by atoms with E-state index in [4.69, 9.17) is 0 Å². The van der Waals surface area contributed by atoms with Gasteiger partial charge in [-0.3, -0.25) is 0 Å². The van der Waals surface area contributed by atoms with Crippen molar-refractivity contribution in [2.75, 3.05) is 0 Å². The minimum absolute atomic E-state index is 0.0648. The van der Waals surface area contributed by atoms with Crippen LogP contribution in [0.1, 0.15) is 24.6 Å². The van der Waals surface area contributed by atoms with Crippen molar-refractivity contribution in [3.05, 3.63) is 24.4 Å². The summed E-state index contributed by atoms with van der Waals surface area (Å²) >= 11 is 0. The highest BCUT2D eigenvalue weighted by Gasteiger charge is 2.49. The zero-order chi connectivity index (χ0) is 12.8. The summed E-state index contributed by atoms with van der Waals surface area (Å²) in [6.45, 7) is 0. The Morgan fingerprint density at radius 1 is 1.06 bits per heavy atom. The number of rotatable bonds is 1. The molecule has 0 bridgehead atoms. The van der Waals surface area contributed by atoms with E-state index in [1.165, 1.54) is 18.6 Å². The molecule has 7 heteroatoms. The largest absolute Gasteiger partial charge is 0.391 e. The van der Waals surface area contributed by atoms with Crippen LogP contribution >= 0.6 is 0 Å². The Bertz CT molecular complexity index is 578. The topological polar surface area (TPSA) is 51.6 Å². The van der Waals surface area contributed by atoms with Gasteiger partial charge in [0, 0.05) is 18.3 Å². The highest BCUT2D eigenvalue weighted by Crippen LogP contribution is 2.48. The lowest BCUT2D eigenvalue weighted by Gasteiger charge is -2.35. The van der Waals surface area contributed by atoms with Crippen LogP contribution in [0, 0.1) is 5.92 Å². The van der Waals surface area contributed by atoms with E-state index in [2.05, 4.69) is 19.9 Å². The van der Waals surface area contributed by atoms with Gasteiger partial charge in [0.25, 0.3) is 0 Å². The summed E-state index contributed by atoms with van der Waals surface area (Å²) < 4.78 is 37.1. The van der Waals surface area contributed by atoms with E-state index in [0.29, 0.717) is 17.0 Å². The van der Waals surface area contributed by atoms with Crippen LogP contribution in [0.25, 0.3) is 11.2 Å². The summed E-state index contributed by atoms with van der Waals surface area (Å²) in [5.41, 5.74) is 0.978. The second kappa shape index (κ2) is 3.86. The SMILES string of the molecule is FC(F)(F)C1CC(c2ncc3nccnc3n2)C1. The van der Waals surface area contributed by atoms with E-state index < -0.39 is 12.1 Å². The molecule has 1 saturated carbocycles. The quantitative estimate of drug-likeness (QED) is 0.784. The first-order valence-corrected chi connectivity index (χ1v) is 5.54.